The lowest BCUT2D eigenvalue weighted by molar-refractivity contribution is -0.123. The zero-order chi connectivity index (χ0) is 19.4. The Morgan fingerprint density at radius 3 is 2.63 bits per heavy atom. The van der Waals surface area contributed by atoms with Crippen LogP contribution in [0.1, 0.15) is 41.3 Å². The molecule has 0 saturated heterocycles. The number of nitrogens with one attached hydrogen (secondary N) is 1. The van der Waals surface area contributed by atoms with Gasteiger partial charge in [0.2, 0.25) is 0 Å². The van der Waals surface area contributed by atoms with E-state index in [0.29, 0.717) is 29.3 Å². The molecule has 0 atom stereocenters. The Morgan fingerprint density at radius 1 is 1.22 bits per heavy atom. The van der Waals surface area contributed by atoms with E-state index in [2.05, 4.69) is 24.3 Å². The Hall–Kier alpha value is -3.35. The average molecular weight is 366 g/mol. The molecule has 140 valence electrons. The molecule has 0 fully saturated rings. The second-order valence-corrected chi connectivity index (χ2v) is 6.58. The van der Waals surface area contributed by atoms with Crippen molar-refractivity contribution in [3.63, 3.8) is 0 Å². The van der Waals surface area contributed by atoms with Gasteiger partial charge in [-0.05, 0) is 41.3 Å². The second kappa shape index (κ2) is 7.90. The van der Waals surface area contributed by atoms with Crippen molar-refractivity contribution >= 4 is 17.3 Å². The third-order valence-electron chi connectivity index (χ3n) is 4.26. The van der Waals surface area contributed by atoms with Gasteiger partial charge in [0.15, 0.2) is 6.61 Å². The molecular formula is C20H22N4O3. The highest BCUT2D eigenvalue weighted by Gasteiger charge is 2.10. The lowest BCUT2D eigenvalue weighted by atomic mass is 10.0. The number of nitrogens with two attached hydrogens (primary N) is 1. The van der Waals surface area contributed by atoms with E-state index in [1.165, 1.54) is 11.8 Å². The molecule has 0 aliphatic rings. The van der Waals surface area contributed by atoms with Gasteiger partial charge in [-0.3, -0.25) is 9.59 Å². The number of hydrogen-bond donors (Lipinski definition) is 2. The van der Waals surface area contributed by atoms with Gasteiger partial charge in [-0.15, -0.1) is 0 Å². The maximum atomic E-state index is 12.0. The molecule has 2 amide bonds. The quantitative estimate of drug-likeness (QED) is 0.670. The molecular weight excluding hydrogens is 344 g/mol. The Balaban J connectivity index is 1.55. The van der Waals surface area contributed by atoms with Crippen molar-refractivity contribution in [1.29, 1.82) is 0 Å². The number of pyridine rings is 1. The van der Waals surface area contributed by atoms with E-state index in [-0.39, 0.29) is 12.5 Å². The van der Waals surface area contributed by atoms with Gasteiger partial charge in [-0.25, -0.2) is 4.52 Å². The second-order valence-electron chi connectivity index (χ2n) is 6.58. The van der Waals surface area contributed by atoms with E-state index in [4.69, 9.17) is 10.5 Å². The first kappa shape index (κ1) is 18.4. The number of aromatic nitrogens is 2. The number of carbonyl (C=O) groups is 2. The minimum Gasteiger partial charge on any atom is -0.484 e. The number of fused-ring (bicyclic) bond motifs is 1. The molecule has 7 heteroatoms. The van der Waals surface area contributed by atoms with Crippen molar-refractivity contribution in [2.24, 2.45) is 5.73 Å². The van der Waals surface area contributed by atoms with Crippen LogP contribution in [0.2, 0.25) is 0 Å². The smallest absolute Gasteiger partial charge is 0.258 e. The van der Waals surface area contributed by atoms with Crippen LogP contribution in [0.3, 0.4) is 0 Å². The van der Waals surface area contributed by atoms with Crippen LogP contribution in [0.25, 0.3) is 5.52 Å². The van der Waals surface area contributed by atoms with E-state index in [9.17, 15) is 9.59 Å². The fraction of sp³-hybridized carbons (Fsp3) is 0.250. The number of nitrogens with zero attached hydrogens (tertiary/aromatic N) is 2. The van der Waals surface area contributed by atoms with Gasteiger partial charge in [0.05, 0.1) is 17.3 Å². The molecule has 2 aromatic heterocycles. The molecule has 3 aromatic rings. The lowest BCUT2D eigenvalue weighted by Crippen LogP contribution is -2.28. The first-order chi connectivity index (χ1) is 12.9. The number of primary amides is 1. The lowest BCUT2D eigenvalue weighted by Gasteiger charge is -2.10. The summed E-state index contributed by atoms with van der Waals surface area (Å²) in [4.78, 5) is 23.4. The third kappa shape index (κ3) is 4.44. The predicted octanol–water partition coefficient (Wildman–Crippen LogP) is 2.25. The molecule has 0 aliphatic heterocycles. The minimum absolute atomic E-state index is 0.0670. The van der Waals surface area contributed by atoms with E-state index >= 15 is 0 Å². The third-order valence-corrected chi connectivity index (χ3v) is 4.26. The number of benzene rings is 1. The first-order valence-corrected chi connectivity index (χ1v) is 8.69. The molecule has 0 unspecified atom stereocenters. The zero-order valence-electron chi connectivity index (χ0n) is 15.3. The van der Waals surface area contributed by atoms with Crippen LogP contribution in [0, 0.1) is 0 Å². The summed E-state index contributed by atoms with van der Waals surface area (Å²) in [5.74, 6) is 0.335. The van der Waals surface area contributed by atoms with Gasteiger partial charge < -0.3 is 15.8 Å². The van der Waals surface area contributed by atoms with Gasteiger partial charge in [0, 0.05) is 12.7 Å². The molecule has 27 heavy (non-hydrogen) atoms. The van der Waals surface area contributed by atoms with Crippen molar-refractivity contribution < 1.29 is 14.3 Å². The Morgan fingerprint density at radius 2 is 1.96 bits per heavy atom. The largest absolute Gasteiger partial charge is 0.484 e. The highest BCUT2D eigenvalue weighted by atomic mass is 16.5. The van der Waals surface area contributed by atoms with Crippen LogP contribution >= 0.6 is 0 Å². The predicted molar refractivity (Wildman–Crippen MR) is 102 cm³/mol. The fourth-order valence-corrected chi connectivity index (χ4v) is 2.67. The molecule has 7 nitrogen and oxygen atoms in total. The van der Waals surface area contributed by atoms with E-state index in [1.54, 1.807) is 16.8 Å². The first-order valence-electron chi connectivity index (χ1n) is 8.69. The molecule has 2 heterocycles. The average Bonchev–Trinajstić information content (AvgIpc) is 3.08. The molecule has 0 radical (unpaired) electrons. The van der Waals surface area contributed by atoms with Gasteiger partial charge in [-0.1, -0.05) is 26.0 Å². The van der Waals surface area contributed by atoms with Crippen molar-refractivity contribution in [3.05, 3.63) is 65.5 Å². The molecule has 0 spiro atoms. The zero-order valence-corrected chi connectivity index (χ0v) is 15.3. The topological polar surface area (TPSA) is 98.7 Å². The van der Waals surface area contributed by atoms with Crippen LogP contribution in [0.5, 0.6) is 5.75 Å². The Kier molecular flexibility index (Phi) is 5.40. The number of ether oxygens (including phenoxy) is 1. The molecule has 0 saturated carbocycles. The van der Waals surface area contributed by atoms with Crippen LogP contribution in [-0.2, 0) is 11.3 Å². The van der Waals surface area contributed by atoms with Crippen molar-refractivity contribution in [3.8, 4) is 5.75 Å². The van der Waals surface area contributed by atoms with E-state index in [0.717, 1.165) is 5.56 Å². The highest BCUT2D eigenvalue weighted by molar-refractivity contribution is 5.99. The van der Waals surface area contributed by atoms with Gasteiger partial charge in [0.25, 0.3) is 11.8 Å². The SMILES string of the molecule is CC(C)c1ccc(OCC(=O)NCc2ccn3ncc(C(N)=O)c3c2)cc1. The monoisotopic (exact) mass is 366 g/mol. The van der Waals surface area contributed by atoms with Crippen LogP contribution in [-0.4, -0.2) is 28.0 Å². The molecule has 1 aromatic carbocycles. The minimum atomic E-state index is -0.539. The maximum Gasteiger partial charge on any atom is 0.258 e. The maximum absolute atomic E-state index is 12.0. The highest BCUT2D eigenvalue weighted by Crippen LogP contribution is 2.18. The molecule has 3 N–H and O–H groups in total. The summed E-state index contributed by atoms with van der Waals surface area (Å²) >= 11 is 0. The summed E-state index contributed by atoms with van der Waals surface area (Å²) in [6.45, 7) is 4.49. The van der Waals surface area contributed by atoms with E-state index in [1.807, 2.05) is 30.3 Å². The number of amides is 2. The van der Waals surface area contributed by atoms with E-state index < -0.39 is 5.91 Å². The summed E-state index contributed by atoms with van der Waals surface area (Å²) in [5.41, 5.74) is 8.34. The molecule has 0 aliphatic carbocycles. The standard InChI is InChI=1S/C20H22N4O3/c1-13(2)15-3-5-16(6-4-15)27-12-19(25)22-10-14-7-8-24-18(9-14)17(11-23-24)20(21)26/h3-9,11,13H,10,12H2,1-2H3,(H2,21,26)(H,22,25). The summed E-state index contributed by atoms with van der Waals surface area (Å²) in [5, 5.41) is 6.86. The summed E-state index contributed by atoms with van der Waals surface area (Å²) in [6.07, 6.45) is 3.15. The summed E-state index contributed by atoms with van der Waals surface area (Å²) in [6, 6.07) is 11.3. The van der Waals surface area contributed by atoms with Crippen LogP contribution in [0.4, 0.5) is 0 Å². The number of carbonyl (C=O) groups excluding carboxylic acids is 2. The van der Waals surface area contributed by atoms with Crippen molar-refractivity contribution in [2.75, 3.05) is 6.61 Å². The van der Waals surface area contributed by atoms with Gasteiger partial charge in [0.1, 0.15) is 5.75 Å². The normalized spacial score (nSPS) is 10.9. The van der Waals surface area contributed by atoms with Crippen molar-refractivity contribution in [1.82, 2.24) is 14.9 Å². The molecule has 3 rings (SSSR count). The Labute approximate surface area is 157 Å². The van der Waals surface area contributed by atoms with Crippen LogP contribution in [0.15, 0.2) is 48.8 Å². The summed E-state index contributed by atoms with van der Waals surface area (Å²) in [7, 11) is 0. The van der Waals surface area contributed by atoms with Crippen molar-refractivity contribution in [2.45, 2.75) is 26.3 Å². The Bertz CT molecular complexity index is 961. The summed E-state index contributed by atoms with van der Waals surface area (Å²) < 4.78 is 7.08. The fourth-order valence-electron chi connectivity index (χ4n) is 2.67. The number of rotatable bonds is 7. The van der Waals surface area contributed by atoms with Gasteiger partial charge in [-0.2, -0.15) is 5.10 Å². The molecule has 0 bridgehead atoms. The number of hydrogen-bond acceptors (Lipinski definition) is 4. The van der Waals surface area contributed by atoms with Crippen LogP contribution < -0.4 is 15.8 Å². The van der Waals surface area contributed by atoms with Gasteiger partial charge >= 0.3 is 0 Å².